The number of carboxylic acids is 1. The number of likely N-dealkylation sites (tertiary alicyclic amines) is 1. The maximum absolute atomic E-state index is 13.2. The largest absolute Gasteiger partial charge is 0.479 e. The number of nitrogens with zero attached hydrogens (tertiary/aromatic N) is 1. The van der Waals surface area contributed by atoms with Crippen molar-refractivity contribution in [2.75, 3.05) is 6.54 Å². The Balaban J connectivity index is 2.36. The Morgan fingerprint density at radius 1 is 1.35 bits per heavy atom. The summed E-state index contributed by atoms with van der Waals surface area (Å²) in [6.45, 7) is 2.00. The van der Waals surface area contributed by atoms with Crippen molar-refractivity contribution >= 4 is 11.9 Å². The molecular formula is C14H15F2NO3. The lowest BCUT2D eigenvalue weighted by Gasteiger charge is -2.34. The van der Waals surface area contributed by atoms with Crippen LogP contribution in [0.4, 0.5) is 8.78 Å². The zero-order chi connectivity index (χ0) is 14.9. The Kier molecular flexibility index (Phi) is 3.74. The second-order valence-corrected chi connectivity index (χ2v) is 4.88. The van der Waals surface area contributed by atoms with Gasteiger partial charge in [-0.3, -0.25) is 4.79 Å². The quantitative estimate of drug-likeness (QED) is 0.927. The van der Waals surface area contributed by atoms with Crippen LogP contribution in [0.2, 0.25) is 0 Å². The average molecular weight is 283 g/mol. The van der Waals surface area contributed by atoms with Gasteiger partial charge in [-0.2, -0.15) is 0 Å². The van der Waals surface area contributed by atoms with Gasteiger partial charge in [-0.25, -0.2) is 13.6 Å². The molecule has 4 nitrogen and oxygen atoms in total. The Labute approximate surface area is 115 Å². The van der Waals surface area contributed by atoms with Gasteiger partial charge in [0.2, 0.25) is 0 Å². The van der Waals surface area contributed by atoms with Crippen LogP contribution in [-0.2, 0) is 4.79 Å². The average Bonchev–Trinajstić information content (AvgIpc) is 2.86. The normalized spacial score (nSPS) is 22.1. The molecule has 0 saturated carbocycles. The molecule has 1 amide bonds. The Bertz CT molecular complexity index is 561. The van der Waals surface area contributed by atoms with Crippen LogP contribution in [0.1, 0.15) is 36.5 Å². The molecule has 0 radical (unpaired) electrons. The Morgan fingerprint density at radius 3 is 2.60 bits per heavy atom. The van der Waals surface area contributed by atoms with Crippen LogP contribution in [0.25, 0.3) is 0 Å². The summed E-state index contributed by atoms with van der Waals surface area (Å²) >= 11 is 0. The highest BCUT2D eigenvalue weighted by Crippen LogP contribution is 2.34. The van der Waals surface area contributed by atoms with Crippen molar-refractivity contribution in [3.05, 3.63) is 35.4 Å². The van der Waals surface area contributed by atoms with Gasteiger partial charge in [0, 0.05) is 12.1 Å². The summed E-state index contributed by atoms with van der Waals surface area (Å²) in [6, 6.07) is 2.84. The summed E-state index contributed by atoms with van der Waals surface area (Å²) in [4.78, 5) is 25.1. The van der Waals surface area contributed by atoms with Crippen molar-refractivity contribution in [3.8, 4) is 0 Å². The third-order valence-electron chi connectivity index (χ3n) is 3.88. The van der Waals surface area contributed by atoms with Gasteiger partial charge in [-0.15, -0.1) is 0 Å². The molecule has 20 heavy (non-hydrogen) atoms. The molecule has 1 fully saturated rings. The van der Waals surface area contributed by atoms with E-state index in [0.717, 1.165) is 12.1 Å². The lowest BCUT2D eigenvalue weighted by Crippen LogP contribution is -2.52. The van der Waals surface area contributed by atoms with Crippen molar-refractivity contribution in [2.45, 2.75) is 31.7 Å². The minimum Gasteiger partial charge on any atom is -0.479 e. The van der Waals surface area contributed by atoms with Crippen LogP contribution in [0.15, 0.2) is 18.2 Å². The van der Waals surface area contributed by atoms with Gasteiger partial charge in [0.25, 0.3) is 5.91 Å². The third-order valence-corrected chi connectivity index (χ3v) is 3.88. The second-order valence-electron chi connectivity index (χ2n) is 4.88. The second kappa shape index (κ2) is 5.19. The van der Waals surface area contributed by atoms with Crippen LogP contribution in [0, 0.1) is 11.6 Å². The fraction of sp³-hybridized carbons (Fsp3) is 0.429. The maximum atomic E-state index is 13.2. The molecule has 1 aliphatic heterocycles. The summed E-state index contributed by atoms with van der Waals surface area (Å²) in [6.07, 6.45) is 1.22. The molecule has 1 heterocycles. The number of aliphatic carboxylic acids is 1. The highest BCUT2D eigenvalue weighted by molar-refractivity contribution is 5.98. The molecule has 0 aromatic heterocycles. The van der Waals surface area contributed by atoms with Crippen LogP contribution >= 0.6 is 0 Å². The van der Waals surface area contributed by atoms with Gasteiger partial charge in [0.15, 0.2) is 11.6 Å². The van der Waals surface area contributed by atoms with Crippen molar-refractivity contribution in [3.63, 3.8) is 0 Å². The SMILES string of the molecule is CCC1(C(=O)O)CCCN1C(=O)c1ccc(F)c(F)c1. The molecular weight excluding hydrogens is 268 g/mol. The van der Waals surface area contributed by atoms with E-state index in [0.29, 0.717) is 19.4 Å². The number of carbonyl (C=O) groups is 2. The van der Waals surface area contributed by atoms with E-state index in [9.17, 15) is 23.5 Å². The Morgan fingerprint density at radius 2 is 2.05 bits per heavy atom. The molecule has 0 spiro atoms. The fourth-order valence-corrected chi connectivity index (χ4v) is 2.70. The van der Waals surface area contributed by atoms with E-state index in [1.807, 2.05) is 0 Å². The number of hydrogen-bond donors (Lipinski definition) is 1. The molecule has 0 bridgehead atoms. The number of amides is 1. The van der Waals surface area contributed by atoms with E-state index in [2.05, 4.69) is 0 Å². The lowest BCUT2D eigenvalue weighted by molar-refractivity contribution is -0.148. The van der Waals surface area contributed by atoms with E-state index in [1.165, 1.54) is 11.0 Å². The van der Waals surface area contributed by atoms with Crippen molar-refractivity contribution < 1.29 is 23.5 Å². The molecule has 1 aromatic carbocycles. The highest BCUT2D eigenvalue weighted by Gasteiger charge is 2.48. The predicted octanol–water partition coefficient (Wildman–Crippen LogP) is 2.43. The molecule has 6 heteroatoms. The maximum Gasteiger partial charge on any atom is 0.329 e. The summed E-state index contributed by atoms with van der Waals surface area (Å²) in [5.41, 5.74) is -1.29. The van der Waals surface area contributed by atoms with E-state index in [-0.39, 0.29) is 12.0 Å². The fourth-order valence-electron chi connectivity index (χ4n) is 2.70. The molecule has 1 atom stereocenters. The number of carbonyl (C=O) groups excluding carboxylic acids is 1. The minimum absolute atomic E-state index is 0.0372. The first-order valence-corrected chi connectivity index (χ1v) is 6.43. The predicted molar refractivity (Wildman–Crippen MR) is 67.3 cm³/mol. The Hall–Kier alpha value is -1.98. The smallest absolute Gasteiger partial charge is 0.329 e. The van der Waals surface area contributed by atoms with Gasteiger partial charge >= 0.3 is 5.97 Å². The molecule has 1 unspecified atom stereocenters. The summed E-state index contributed by atoms with van der Waals surface area (Å²) in [7, 11) is 0. The lowest BCUT2D eigenvalue weighted by atomic mass is 9.92. The zero-order valence-corrected chi connectivity index (χ0v) is 11.0. The van der Waals surface area contributed by atoms with Crippen molar-refractivity contribution in [2.24, 2.45) is 0 Å². The zero-order valence-electron chi connectivity index (χ0n) is 11.0. The molecule has 0 aliphatic carbocycles. The number of benzene rings is 1. The number of rotatable bonds is 3. The van der Waals surface area contributed by atoms with Gasteiger partial charge in [0.1, 0.15) is 5.54 Å². The van der Waals surface area contributed by atoms with Crippen LogP contribution in [-0.4, -0.2) is 34.0 Å². The summed E-state index contributed by atoms with van der Waals surface area (Å²) in [5.74, 6) is -3.80. The highest BCUT2D eigenvalue weighted by atomic mass is 19.2. The summed E-state index contributed by atoms with van der Waals surface area (Å²) in [5, 5.41) is 9.40. The standard InChI is InChI=1S/C14H15F2NO3/c1-2-14(13(19)20)6-3-7-17(14)12(18)9-4-5-10(15)11(16)8-9/h4-5,8H,2-3,6-7H2,1H3,(H,19,20). The van der Waals surface area contributed by atoms with E-state index in [1.54, 1.807) is 6.92 Å². The van der Waals surface area contributed by atoms with Gasteiger partial charge in [-0.1, -0.05) is 6.92 Å². The van der Waals surface area contributed by atoms with E-state index in [4.69, 9.17) is 0 Å². The van der Waals surface area contributed by atoms with Gasteiger partial charge in [-0.05, 0) is 37.5 Å². The molecule has 1 N–H and O–H groups in total. The van der Waals surface area contributed by atoms with Gasteiger partial charge in [0.05, 0.1) is 0 Å². The minimum atomic E-state index is -1.25. The molecule has 1 saturated heterocycles. The van der Waals surface area contributed by atoms with Gasteiger partial charge < -0.3 is 10.0 Å². The first-order valence-electron chi connectivity index (χ1n) is 6.43. The molecule has 1 aromatic rings. The first-order chi connectivity index (χ1) is 9.42. The monoisotopic (exact) mass is 283 g/mol. The van der Waals surface area contributed by atoms with E-state index >= 15 is 0 Å². The topological polar surface area (TPSA) is 57.6 Å². The molecule has 1 aliphatic rings. The van der Waals surface area contributed by atoms with Crippen molar-refractivity contribution in [1.82, 2.24) is 4.90 Å². The van der Waals surface area contributed by atoms with Crippen LogP contribution in [0.5, 0.6) is 0 Å². The first kappa shape index (κ1) is 14.4. The summed E-state index contributed by atoms with van der Waals surface area (Å²) < 4.78 is 26.1. The third kappa shape index (κ3) is 2.15. The van der Waals surface area contributed by atoms with Crippen LogP contribution in [0.3, 0.4) is 0 Å². The van der Waals surface area contributed by atoms with Crippen LogP contribution < -0.4 is 0 Å². The number of carboxylic acid groups (broad SMARTS) is 1. The number of hydrogen-bond acceptors (Lipinski definition) is 2. The molecule has 2 rings (SSSR count). The van der Waals surface area contributed by atoms with E-state index < -0.39 is 29.0 Å². The van der Waals surface area contributed by atoms with Crippen molar-refractivity contribution in [1.29, 1.82) is 0 Å². The molecule has 108 valence electrons. The number of halogens is 2.